The van der Waals surface area contributed by atoms with Gasteiger partial charge in [-0.1, -0.05) is 43.0 Å². The van der Waals surface area contributed by atoms with Crippen molar-refractivity contribution in [3.05, 3.63) is 73.3 Å². The van der Waals surface area contributed by atoms with Gasteiger partial charge in [0, 0.05) is 0 Å². The Balaban J connectivity index is 2.35. The summed E-state index contributed by atoms with van der Waals surface area (Å²) in [5.74, 6) is -0.247. The highest BCUT2D eigenvalue weighted by atomic mass is 16.2. The van der Waals surface area contributed by atoms with Crippen molar-refractivity contribution < 1.29 is 4.79 Å². The first-order valence-corrected chi connectivity index (χ1v) is 5.64. The minimum Gasteiger partial charge on any atom is -0.268 e. The van der Waals surface area contributed by atoms with E-state index < -0.39 is 0 Å². The van der Waals surface area contributed by atoms with E-state index >= 15 is 0 Å². The molecule has 0 aliphatic rings. The summed E-state index contributed by atoms with van der Waals surface area (Å²) in [6.07, 6.45) is 1.25. The first-order chi connectivity index (χ1) is 8.81. The molecule has 0 unspecified atom stereocenters. The van der Waals surface area contributed by atoms with Crippen molar-refractivity contribution >= 4 is 17.3 Å². The number of carbonyl (C=O) groups excluding carboxylic acids is 1. The van der Waals surface area contributed by atoms with Gasteiger partial charge < -0.3 is 0 Å². The molecule has 0 bridgehead atoms. The molecular weight excluding hydrogens is 224 g/mol. The summed E-state index contributed by atoms with van der Waals surface area (Å²) in [5, 5.41) is 1.73. The zero-order chi connectivity index (χ0) is 12.8. The van der Waals surface area contributed by atoms with E-state index in [1.54, 1.807) is 5.01 Å². The van der Waals surface area contributed by atoms with Crippen LogP contribution in [-0.2, 0) is 4.79 Å². The van der Waals surface area contributed by atoms with E-state index in [2.05, 4.69) is 12.0 Å². The lowest BCUT2D eigenvalue weighted by molar-refractivity contribution is -0.116. The van der Waals surface area contributed by atoms with Crippen molar-refractivity contribution in [3.63, 3.8) is 0 Å². The summed E-state index contributed by atoms with van der Waals surface area (Å²) in [5.41, 5.74) is 4.55. The highest BCUT2D eigenvalue weighted by molar-refractivity contribution is 5.89. The van der Waals surface area contributed by atoms with Crippen molar-refractivity contribution in [2.24, 2.45) is 0 Å². The molecule has 90 valence electrons. The van der Waals surface area contributed by atoms with Crippen LogP contribution >= 0.6 is 0 Å². The summed E-state index contributed by atoms with van der Waals surface area (Å²) in [6, 6.07) is 19.3. The van der Waals surface area contributed by atoms with Gasteiger partial charge in [-0.05, 0) is 30.3 Å². The van der Waals surface area contributed by atoms with E-state index in [0.717, 1.165) is 11.4 Å². The maximum absolute atomic E-state index is 11.5. The number of nitrogens with one attached hydrogen (secondary N) is 1. The number of para-hydroxylation sites is 2. The molecule has 0 radical (unpaired) electrons. The van der Waals surface area contributed by atoms with E-state index in [9.17, 15) is 4.79 Å². The molecular formula is C15H14N2O. The van der Waals surface area contributed by atoms with Gasteiger partial charge in [0.25, 0.3) is 5.91 Å². The maximum Gasteiger partial charge on any atom is 0.262 e. The Labute approximate surface area is 106 Å². The highest BCUT2D eigenvalue weighted by Gasteiger charge is 2.09. The van der Waals surface area contributed by atoms with Gasteiger partial charge in [0.2, 0.25) is 0 Å². The SMILES string of the molecule is C=CC(=O)NN(c1ccccc1)c1ccccc1. The fourth-order valence-corrected chi connectivity index (χ4v) is 1.59. The Bertz CT molecular complexity index is 483. The minimum atomic E-state index is -0.247. The van der Waals surface area contributed by atoms with Crippen molar-refractivity contribution in [1.29, 1.82) is 0 Å². The standard InChI is InChI=1S/C15H14N2O/c1-2-15(18)16-17(13-9-5-3-6-10-13)14-11-7-4-8-12-14/h2-12H,1H2,(H,16,18). The summed E-state index contributed by atoms with van der Waals surface area (Å²) in [6.45, 7) is 3.46. The lowest BCUT2D eigenvalue weighted by Gasteiger charge is -2.24. The third-order valence-electron chi connectivity index (χ3n) is 2.44. The van der Waals surface area contributed by atoms with Gasteiger partial charge in [0.15, 0.2) is 0 Å². The van der Waals surface area contributed by atoms with E-state index in [1.807, 2.05) is 60.7 Å². The second kappa shape index (κ2) is 5.68. The fourth-order valence-electron chi connectivity index (χ4n) is 1.59. The van der Waals surface area contributed by atoms with Crippen LogP contribution in [0, 0.1) is 0 Å². The molecule has 2 rings (SSSR count). The van der Waals surface area contributed by atoms with Crippen molar-refractivity contribution in [3.8, 4) is 0 Å². The Hall–Kier alpha value is -2.55. The maximum atomic E-state index is 11.5. The molecule has 0 aliphatic heterocycles. The van der Waals surface area contributed by atoms with Gasteiger partial charge in [-0.15, -0.1) is 0 Å². The molecule has 1 amide bonds. The molecule has 0 atom stereocenters. The van der Waals surface area contributed by atoms with E-state index in [0.29, 0.717) is 0 Å². The van der Waals surface area contributed by atoms with Crippen LogP contribution in [0.3, 0.4) is 0 Å². The number of amides is 1. The van der Waals surface area contributed by atoms with Crippen LogP contribution in [0.2, 0.25) is 0 Å². The molecule has 0 aromatic heterocycles. The number of nitrogens with zero attached hydrogens (tertiary/aromatic N) is 1. The van der Waals surface area contributed by atoms with Gasteiger partial charge >= 0.3 is 0 Å². The number of hydrogen-bond donors (Lipinski definition) is 1. The first kappa shape index (κ1) is 11.9. The number of hydrogen-bond acceptors (Lipinski definition) is 2. The Morgan fingerprint density at radius 3 is 1.78 bits per heavy atom. The second-order valence-electron chi connectivity index (χ2n) is 3.69. The molecule has 0 aliphatic carbocycles. The average molecular weight is 238 g/mol. The highest BCUT2D eigenvalue weighted by Crippen LogP contribution is 2.22. The van der Waals surface area contributed by atoms with Crippen LogP contribution in [0.15, 0.2) is 73.3 Å². The van der Waals surface area contributed by atoms with E-state index in [-0.39, 0.29) is 5.91 Å². The summed E-state index contributed by atoms with van der Waals surface area (Å²) >= 11 is 0. The smallest absolute Gasteiger partial charge is 0.262 e. The van der Waals surface area contributed by atoms with Crippen LogP contribution in [0.5, 0.6) is 0 Å². The molecule has 0 heterocycles. The number of carbonyl (C=O) groups is 1. The molecule has 18 heavy (non-hydrogen) atoms. The molecule has 0 spiro atoms. The second-order valence-corrected chi connectivity index (χ2v) is 3.69. The Morgan fingerprint density at radius 2 is 1.39 bits per heavy atom. The molecule has 0 saturated carbocycles. The van der Waals surface area contributed by atoms with Crippen LogP contribution in [-0.4, -0.2) is 5.91 Å². The number of benzene rings is 2. The molecule has 1 N–H and O–H groups in total. The molecule has 2 aromatic rings. The zero-order valence-electron chi connectivity index (χ0n) is 9.91. The lowest BCUT2D eigenvalue weighted by atomic mass is 10.2. The molecule has 0 fully saturated rings. The van der Waals surface area contributed by atoms with E-state index in [1.165, 1.54) is 6.08 Å². The van der Waals surface area contributed by atoms with Crippen LogP contribution < -0.4 is 10.4 Å². The number of hydrazine groups is 1. The Morgan fingerprint density at radius 1 is 0.944 bits per heavy atom. The monoisotopic (exact) mass is 238 g/mol. The fraction of sp³-hybridized carbons (Fsp3) is 0. The predicted molar refractivity (Wildman–Crippen MR) is 73.4 cm³/mol. The van der Waals surface area contributed by atoms with Gasteiger partial charge in [-0.2, -0.15) is 0 Å². The lowest BCUT2D eigenvalue weighted by Crippen LogP contribution is -2.37. The van der Waals surface area contributed by atoms with Crippen LogP contribution in [0.1, 0.15) is 0 Å². The molecule has 2 aromatic carbocycles. The Kier molecular flexibility index (Phi) is 3.76. The van der Waals surface area contributed by atoms with Crippen molar-refractivity contribution in [1.82, 2.24) is 5.43 Å². The molecule has 0 saturated heterocycles. The van der Waals surface area contributed by atoms with Crippen LogP contribution in [0.25, 0.3) is 0 Å². The summed E-state index contributed by atoms with van der Waals surface area (Å²) < 4.78 is 0. The number of rotatable bonds is 4. The van der Waals surface area contributed by atoms with Gasteiger partial charge in [-0.25, -0.2) is 0 Å². The largest absolute Gasteiger partial charge is 0.268 e. The van der Waals surface area contributed by atoms with E-state index in [4.69, 9.17) is 0 Å². The zero-order valence-corrected chi connectivity index (χ0v) is 9.91. The van der Waals surface area contributed by atoms with Crippen molar-refractivity contribution in [2.45, 2.75) is 0 Å². The summed E-state index contributed by atoms with van der Waals surface area (Å²) in [7, 11) is 0. The minimum absolute atomic E-state index is 0.247. The normalized spacial score (nSPS) is 9.56. The molecule has 3 nitrogen and oxygen atoms in total. The first-order valence-electron chi connectivity index (χ1n) is 5.64. The predicted octanol–water partition coefficient (Wildman–Crippen LogP) is 3.04. The third-order valence-corrected chi connectivity index (χ3v) is 2.44. The number of anilines is 2. The topological polar surface area (TPSA) is 32.3 Å². The van der Waals surface area contributed by atoms with Crippen LogP contribution in [0.4, 0.5) is 11.4 Å². The third kappa shape index (κ3) is 2.77. The van der Waals surface area contributed by atoms with Gasteiger partial charge in [-0.3, -0.25) is 15.2 Å². The summed E-state index contributed by atoms with van der Waals surface area (Å²) in [4.78, 5) is 11.5. The van der Waals surface area contributed by atoms with Gasteiger partial charge in [0.05, 0.1) is 11.4 Å². The van der Waals surface area contributed by atoms with Crippen molar-refractivity contribution in [2.75, 3.05) is 5.01 Å². The molecule has 3 heteroatoms. The quantitative estimate of drug-likeness (QED) is 0.656. The average Bonchev–Trinajstić information content (AvgIpc) is 2.46. The van der Waals surface area contributed by atoms with Gasteiger partial charge in [0.1, 0.15) is 0 Å².